The van der Waals surface area contributed by atoms with Crippen LogP contribution in [0.3, 0.4) is 0 Å². The standard InChI is InChI=1S/C12H15ClO2/c1-8-5-9(2)7-10(6-8)15-12(3,4)11(13)14/h5-7H,1-4H3. The van der Waals surface area contributed by atoms with Crippen molar-refractivity contribution in [1.82, 2.24) is 0 Å². The highest BCUT2D eigenvalue weighted by molar-refractivity contribution is 6.65. The van der Waals surface area contributed by atoms with Gasteiger partial charge in [0.25, 0.3) is 5.24 Å². The summed E-state index contributed by atoms with van der Waals surface area (Å²) in [6.07, 6.45) is 0. The van der Waals surface area contributed by atoms with Crippen molar-refractivity contribution >= 4 is 16.8 Å². The number of benzene rings is 1. The number of hydrogen-bond donors (Lipinski definition) is 0. The summed E-state index contributed by atoms with van der Waals surface area (Å²) in [5, 5.41) is -0.498. The molecular weight excluding hydrogens is 212 g/mol. The largest absolute Gasteiger partial charge is 0.479 e. The molecule has 0 aliphatic rings. The third kappa shape index (κ3) is 3.24. The van der Waals surface area contributed by atoms with Crippen LogP contribution < -0.4 is 4.74 Å². The van der Waals surface area contributed by atoms with E-state index in [1.165, 1.54) is 0 Å². The first-order valence-electron chi connectivity index (χ1n) is 4.78. The molecule has 0 aromatic heterocycles. The summed E-state index contributed by atoms with van der Waals surface area (Å²) in [5.74, 6) is 0.673. The highest BCUT2D eigenvalue weighted by atomic mass is 35.5. The number of ether oxygens (including phenoxy) is 1. The molecule has 0 saturated carbocycles. The first kappa shape index (κ1) is 12.1. The Morgan fingerprint density at radius 2 is 1.67 bits per heavy atom. The molecule has 0 aliphatic carbocycles. The fourth-order valence-corrected chi connectivity index (χ4v) is 1.37. The zero-order chi connectivity index (χ0) is 11.6. The smallest absolute Gasteiger partial charge is 0.264 e. The topological polar surface area (TPSA) is 26.3 Å². The second-order valence-corrected chi connectivity index (χ2v) is 4.55. The lowest BCUT2D eigenvalue weighted by atomic mass is 10.1. The Balaban J connectivity index is 2.94. The van der Waals surface area contributed by atoms with Gasteiger partial charge >= 0.3 is 0 Å². The molecule has 1 rings (SSSR count). The number of hydrogen-bond acceptors (Lipinski definition) is 2. The number of carbonyl (C=O) groups excluding carboxylic acids is 1. The minimum absolute atomic E-state index is 0.498. The molecule has 0 spiro atoms. The third-order valence-corrected chi connectivity index (χ3v) is 2.50. The zero-order valence-electron chi connectivity index (χ0n) is 9.43. The van der Waals surface area contributed by atoms with Crippen LogP contribution in [0.5, 0.6) is 5.75 Å². The second kappa shape index (κ2) is 4.23. The van der Waals surface area contributed by atoms with Crippen molar-refractivity contribution in [2.45, 2.75) is 33.3 Å². The van der Waals surface area contributed by atoms with Crippen molar-refractivity contribution in [3.05, 3.63) is 29.3 Å². The summed E-state index contributed by atoms with van der Waals surface area (Å²) in [7, 11) is 0. The molecule has 0 atom stereocenters. The maximum absolute atomic E-state index is 11.1. The van der Waals surface area contributed by atoms with Crippen LogP contribution in [0.2, 0.25) is 0 Å². The normalized spacial score (nSPS) is 11.3. The number of halogens is 1. The molecule has 1 aromatic rings. The van der Waals surface area contributed by atoms with Gasteiger partial charge in [0.05, 0.1) is 0 Å². The third-order valence-electron chi connectivity index (χ3n) is 2.04. The molecule has 0 bridgehead atoms. The van der Waals surface area contributed by atoms with Crippen LogP contribution in [0.1, 0.15) is 25.0 Å². The average molecular weight is 227 g/mol. The van der Waals surface area contributed by atoms with Crippen molar-refractivity contribution in [2.24, 2.45) is 0 Å². The van der Waals surface area contributed by atoms with E-state index >= 15 is 0 Å². The van der Waals surface area contributed by atoms with Gasteiger partial charge < -0.3 is 4.74 Å². The van der Waals surface area contributed by atoms with E-state index in [1.807, 2.05) is 32.0 Å². The Labute approximate surface area is 95.2 Å². The Hall–Kier alpha value is -1.02. The summed E-state index contributed by atoms with van der Waals surface area (Å²) >= 11 is 5.44. The van der Waals surface area contributed by atoms with E-state index in [9.17, 15) is 4.79 Å². The van der Waals surface area contributed by atoms with Gasteiger partial charge in [-0.25, -0.2) is 0 Å². The van der Waals surface area contributed by atoms with Crippen molar-refractivity contribution < 1.29 is 9.53 Å². The summed E-state index contributed by atoms with van der Waals surface area (Å²) in [6.45, 7) is 7.27. The van der Waals surface area contributed by atoms with E-state index in [-0.39, 0.29) is 0 Å². The van der Waals surface area contributed by atoms with Crippen LogP contribution in [-0.2, 0) is 4.79 Å². The van der Waals surface area contributed by atoms with Crippen molar-refractivity contribution in [3.8, 4) is 5.75 Å². The van der Waals surface area contributed by atoms with Crippen LogP contribution in [0, 0.1) is 13.8 Å². The molecule has 1 aromatic carbocycles. The number of carbonyl (C=O) groups is 1. The maximum atomic E-state index is 11.1. The molecule has 0 aliphatic heterocycles. The van der Waals surface area contributed by atoms with E-state index in [1.54, 1.807) is 13.8 Å². The van der Waals surface area contributed by atoms with E-state index in [2.05, 4.69) is 0 Å². The van der Waals surface area contributed by atoms with Gasteiger partial charge in [0, 0.05) is 0 Å². The van der Waals surface area contributed by atoms with Crippen molar-refractivity contribution in [3.63, 3.8) is 0 Å². The van der Waals surface area contributed by atoms with E-state index in [0.717, 1.165) is 11.1 Å². The lowest BCUT2D eigenvalue weighted by Gasteiger charge is -2.22. The number of rotatable bonds is 3. The summed E-state index contributed by atoms with van der Waals surface area (Å²) in [5.41, 5.74) is 1.22. The first-order valence-corrected chi connectivity index (χ1v) is 5.16. The summed E-state index contributed by atoms with van der Waals surface area (Å²) in [6, 6.07) is 5.81. The second-order valence-electron chi connectivity index (χ2n) is 4.21. The quantitative estimate of drug-likeness (QED) is 0.740. The molecule has 82 valence electrons. The van der Waals surface area contributed by atoms with E-state index in [4.69, 9.17) is 16.3 Å². The van der Waals surface area contributed by atoms with Gasteiger partial charge in [0.15, 0.2) is 5.60 Å². The summed E-state index contributed by atoms with van der Waals surface area (Å²) < 4.78 is 5.54. The molecule has 0 unspecified atom stereocenters. The first-order chi connectivity index (χ1) is 6.81. The lowest BCUT2D eigenvalue weighted by molar-refractivity contribution is -0.123. The highest BCUT2D eigenvalue weighted by Gasteiger charge is 2.28. The van der Waals surface area contributed by atoms with Gasteiger partial charge in [-0.05, 0) is 62.6 Å². The van der Waals surface area contributed by atoms with Gasteiger partial charge in [-0.3, -0.25) is 4.79 Å². The van der Waals surface area contributed by atoms with Gasteiger partial charge in [-0.15, -0.1) is 0 Å². The van der Waals surface area contributed by atoms with Crippen LogP contribution >= 0.6 is 11.6 Å². The summed E-state index contributed by atoms with van der Waals surface area (Å²) in [4.78, 5) is 11.1. The van der Waals surface area contributed by atoms with E-state index < -0.39 is 10.8 Å². The molecule has 0 fully saturated rings. The van der Waals surface area contributed by atoms with Gasteiger partial charge in [0.1, 0.15) is 5.75 Å². The van der Waals surface area contributed by atoms with E-state index in [0.29, 0.717) is 5.75 Å². The molecule has 0 amide bonds. The van der Waals surface area contributed by atoms with Crippen LogP contribution in [0.4, 0.5) is 0 Å². The Morgan fingerprint density at radius 3 is 2.07 bits per heavy atom. The van der Waals surface area contributed by atoms with Crippen molar-refractivity contribution in [2.75, 3.05) is 0 Å². The Kier molecular flexibility index (Phi) is 3.40. The number of aryl methyl sites for hydroxylation is 2. The molecule has 3 heteroatoms. The minimum Gasteiger partial charge on any atom is -0.479 e. The molecule has 2 nitrogen and oxygen atoms in total. The molecule has 15 heavy (non-hydrogen) atoms. The lowest BCUT2D eigenvalue weighted by Crippen LogP contribution is -2.34. The fourth-order valence-electron chi connectivity index (χ4n) is 1.33. The van der Waals surface area contributed by atoms with Crippen molar-refractivity contribution in [1.29, 1.82) is 0 Å². The molecule has 0 heterocycles. The SMILES string of the molecule is Cc1cc(C)cc(OC(C)(C)C(=O)Cl)c1. The molecular formula is C12H15ClO2. The molecule has 0 N–H and O–H groups in total. The Morgan fingerprint density at radius 1 is 1.20 bits per heavy atom. The monoisotopic (exact) mass is 226 g/mol. The van der Waals surface area contributed by atoms with Gasteiger partial charge in [-0.2, -0.15) is 0 Å². The maximum Gasteiger partial charge on any atom is 0.264 e. The fraction of sp³-hybridized carbons (Fsp3) is 0.417. The average Bonchev–Trinajstić information content (AvgIpc) is 1.99. The van der Waals surface area contributed by atoms with Gasteiger partial charge in [0.2, 0.25) is 0 Å². The predicted octanol–water partition coefficient (Wildman–Crippen LogP) is 3.23. The highest BCUT2D eigenvalue weighted by Crippen LogP contribution is 2.22. The van der Waals surface area contributed by atoms with Crippen LogP contribution in [0.15, 0.2) is 18.2 Å². The molecule has 0 saturated heterocycles. The Bertz CT molecular complexity index is 363. The van der Waals surface area contributed by atoms with Gasteiger partial charge in [-0.1, -0.05) is 6.07 Å². The predicted molar refractivity (Wildman–Crippen MR) is 61.5 cm³/mol. The van der Waals surface area contributed by atoms with Crippen LogP contribution in [0.25, 0.3) is 0 Å². The van der Waals surface area contributed by atoms with Crippen LogP contribution in [-0.4, -0.2) is 10.8 Å². The minimum atomic E-state index is -0.984. The zero-order valence-corrected chi connectivity index (χ0v) is 10.2. The molecule has 0 radical (unpaired) electrons.